The molecule has 184 valence electrons. The number of H-pyrrole nitrogens is 2. The van der Waals surface area contributed by atoms with Crippen molar-refractivity contribution in [3.05, 3.63) is 93.6 Å². The van der Waals surface area contributed by atoms with Crippen LogP contribution in [0.3, 0.4) is 0 Å². The van der Waals surface area contributed by atoms with Crippen LogP contribution in [0.1, 0.15) is 65.8 Å². The van der Waals surface area contributed by atoms with Gasteiger partial charge in [0.25, 0.3) is 0 Å². The van der Waals surface area contributed by atoms with Gasteiger partial charge in [-0.05, 0) is 97.0 Å². The van der Waals surface area contributed by atoms with Gasteiger partial charge < -0.3 is 9.97 Å². The van der Waals surface area contributed by atoms with Crippen molar-refractivity contribution < 1.29 is 0 Å². The first-order valence-electron chi connectivity index (χ1n) is 12.9. The average Bonchev–Trinajstić information content (AvgIpc) is 3.69. The lowest BCUT2D eigenvalue weighted by Gasteiger charge is -2.19. The topological polar surface area (TPSA) is 57.4 Å². The molecule has 0 amide bonds. The Bertz CT molecular complexity index is 1670. The van der Waals surface area contributed by atoms with Crippen molar-refractivity contribution in [2.24, 2.45) is 0 Å². The fraction of sp³-hybridized carbons (Fsp3) is 0.212. The van der Waals surface area contributed by atoms with Gasteiger partial charge in [-0.2, -0.15) is 0 Å². The van der Waals surface area contributed by atoms with E-state index in [1.54, 1.807) is 0 Å². The third-order valence-corrected chi connectivity index (χ3v) is 7.58. The highest BCUT2D eigenvalue weighted by Crippen LogP contribution is 2.32. The number of fused-ring (bicyclic) bond motifs is 8. The lowest BCUT2D eigenvalue weighted by atomic mass is 9.86. The zero-order valence-electron chi connectivity index (χ0n) is 22.3. The van der Waals surface area contributed by atoms with Crippen molar-refractivity contribution in [3.8, 4) is 11.1 Å². The Labute approximate surface area is 217 Å². The molecule has 0 saturated heterocycles. The maximum absolute atomic E-state index is 4.96. The average molecular weight is 485 g/mol. The van der Waals surface area contributed by atoms with E-state index in [0.29, 0.717) is 0 Å². The molecule has 0 unspecified atom stereocenters. The van der Waals surface area contributed by atoms with E-state index in [-0.39, 0.29) is 5.41 Å². The summed E-state index contributed by atoms with van der Waals surface area (Å²) in [6.07, 6.45) is 8.37. The third-order valence-electron chi connectivity index (χ3n) is 7.58. The molecule has 1 aromatic carbocycles. The molecule has 6 rings (SSSR count). The molecule has 0 radical (unpaired) electrons. The molecule has 2 aliphatic heterocycles. The highest BCUT2D eigenvalue weighted by atomic mass is 14.8. The highest BCUT2D eigenvalue weighted by molar-refractivity contribution is 5.94. The zero-order valence-corrected chi connectivity index (χ0v) is 22.3. The van der Waals surface area contributed by atoms with Gasteiger partial charge in [-0.1, -0.05) is 45.0 Å². The lowest BCUT2D eigenvalue weighted by molar-refractivity contribution is 0.590. The molecule has 8 bridgehead atoms. The minimum absolute atomic E-state index is 0.105. The number of aromatic nitrogens is 4. The van der Waals surface area contributed by atoms with Crippen LogP contribution >= 0.6 is 0 Å². The summed E-state index contributed by atoms with van der Waals surface area (Å²) < 4.78 is 0. The summed E-state index contributed by atoms with van der Waals surface area (Å²) in [6.45, 7) is 13.1. The predicted molar refractivity (Wildman–Crippen MR) is 157 cm³/mol. The van der Waals surface area contributed by atoms with Crippen LogP contribution in [-0.2, 0) is 5.41 Å². The highest BCUT2D eigenvalue weighted by Gasteiger charge is 2.15. The number of nitrogens with one attached hydrogen (secondary N) is 2. The van der Waals surface area contributed by atoms with Gasteiger partial charge in [0.15, 0.2) is 0 Å². The Hall–Kier alpha value is -4.18. The summed E-state index contributed by atoms with van der Waals surface area (Å²) in [5.41, 5.74) is 15.2. The van der Waals surface area contributed by atoms with Crippen molar-refractivity contribution in [3.63, 3.8) is 0 Å². The summed E-state index contributed by atoms with van der Waals surface area (Å²) in [6, 6.07) is 17.6. The summed E-state index contributed by atoms with van der Waals surface area (Å²) >= 11 is 0. The van der Waals surface area contributed by atoms with E-state index in [1.165, 1.54) is 11.1 Å². The molecule has 5 heterocycles. The maximum atomic E-state index is 4.96. The van der Waals surface area contributed by atoms with Gasteiger partial charge in [0, 0.05) is 33.2 Å². The summed E-state index contributed by atoms with van der Waals surface area (Å²) in [4.78, 5) is 17.3. The molecule has 0 atom stereocenters. The normalized spacial score (nSPS) is 12.9. The molecule has 4 aromatic rings. The Kier molecular flexibility index (Phi) is 5.30. The number of rotatable bonds is 1. The predicted octanol–water partition coefficient (Wildman–Crippen LogP) is 8.55. The molecule has 4 nitrogen and oxygen atoms in total. The van der Waals surface area contributed by atoms with E-state index in [9.17, 15) is 0 Å². The van der Waals surface area contributed by atoms with Crippen molar-refractivity contribution in [1.82, 2.24) is 19.9 Å². The van der Waals surface area contributed by atoms with Crippen molar-refractivity contribution in [1.29, 1.82) is 0 Å². The fourth-order valence-electron chi connectivity index (χ4n) is 5.08. The molecule has 2 aliphatic rings. The minimum atomic E-state index is 0.105. The number of hydrogen-bond acceptors (Lipinski definition) is 2. The Morgan fingerprint density at radius 2 is 0.919 bits per heavy atom. The Morgan fingerprint density at radius 3 is 1.35 bits per heavy atom. The number of hydrogen-bond donors (Lipinski definition) is 2. The molecule has 0 spiro atoms. The van der Waals surface area contributed by atoms with E-state index in [4.69, 9.17) is 9.97 Å². The van der Waals surface area contributed by atoms with Crippen LogP contribution in [0.15, 0.2) is 48.5 Å². The first kappa shape index (κ1) is 23.2. The van der Waals surface area contributed by atoms with Crippen molar-refractivity contribution in [2.75, 3.05) is 0 Å². The van der Waals surface area contributed by atoms with Crippen molar-refractivity contribution >= 4 is 46.4 Å². The van der Waals surface area contributed by atoms with E-state index in [2.05, 4.69) is 124 Å². The number of nitrogens with zero attached hydrogens (tertiary/aromatic N) is 2. The Morgan fingerprint density at radius 1 is 0.514 bits per heavy atom. The van der Waals surface area contributed by atoms with E-state index in [0.717, 1.165) is 67.1 Å². The molecule has 37 heavy (non-hydrogen) atoms. The molecule has 0 saturated carbocycles. The monoisotopic (exact) mass is 484 g/mol. The minimum Gasteiger partial charge on any atom is -0.355 e. The van der Waals surface area contributed by atoms with E-state index < -0.39 is 0 Å². The molecule has 0 aliphatic carbocycles. The van der Waals surface area contributed by atoms with Crippen LogP contribution in [0.5, 0.6) is 0 Å². The number of benzene rings is 1. The first-order chi connectivity index (χ1) is 17.7. The number of aryl methyl sites for hydroxylation is 2. The van der Waals surface area contributed by atoms with Crippen LogP contribution in [0.25, 0.3) is 57.5 Å². The van der Waals surface area contributed by atoms with E-state index in [1.807, 2.05) is 0 Å². The van der Waals surface area contributed by atoms with Gasteiger partial charge in [-0.25, -0.2) is 9.97 Å². The second-order valence-electron chi connectivity index (χ2n) is 11.1. The lowest BCUT2D eigenvalue weighted by Crippen LogP contribution is -2.10. The largest absolute Gasteiger partial charge is 0.355 e. The molecular weight excluding hydrogens is 452 g/mol. The second kappa shape index (κ2) is 8.45. The van der Waals surface area contributed by atoms with Gasteiger partial charge in [-0.3, -0.25) is 0 Å². The van der Waals surface area contributed by atoms with Gasteiger partial charge in [-0.15, -0.1) is 0 Å². The molecule has 0 fully saturated rings. The van der Waals surface area contributed by atoms with Crippen LogP contribution in [0.2, 0.25) is 0 Å². The second-order valence-corrected chi connectivity index (χ2v) is 11.1. The molecule has 2 N–H and O–H groups in total. The number of aromatic amines is 2. The van der Waals surface area contributed by atoms with Gasteiger partial charge >= 0.3 is 0 Å². The molecular formula is C33H32N4. The summed E-state index contributed by atoms with van der Waals surface area (Å²) in [5.74, 6) is 0. The summed E-state index contributed by atoms with van der Waals surface area (Å²) in [5, 5.41) is 0. The molecule has 3 aromatic heterocycles. The van der Waals surface area contributed by atoms with Crippen LogP contribution in [0.4, 0.5) is 0 Å². The molecule has 4 heteroatoms. The quantitative estimate of drug-likeness (QED) is 0.246. The SMILES string of the molecule is Cc1c2nc(c(C)c3ccc([nH]3)c(-c3ccc(C(C)(C)C)cc3)c3ccc([nH]3)c(C)c3nc1C=C3)C=C2. The van der Waals surface area contributed by atoms with Gasteiger partial charge in [0.05, 0.1) is 22.8 Å². The standard InChI is InChI=1S/C33H32N4/c1-19-24-11-13-26(34-24)20(2)28-15-17-30(36-28)32(22-7-9-23(10-8-22)33(4,5)6)31-18-16-29(37-31)21(3)27-14-12-25(19)35-27/h7-18,36-37H,1-6H3. The summed E-state index contributed by atoms with van der Waals surface area (Å²) in [7, 11) is 0. The van der Waals surface area contributed by atoms with Crippen LogP contribution in [-0.4, -0.2) is 19.9 Å². The van der Waals surface area contributed by atoms with Crippen molar-refractivity contribution in [2.45, 2.75) is 47.0 Å². The van der Waals surface area contributed by atoms with E-state index >= 15 is 0 Å². The Balaban J connectivity index is 1.72. The van der Waals surface area contributed by atoms with Gasteiger partial charge in [0.1, 0.15) is 0 Å². The van der Waals surface area contributed by atoms with Crippen LogP contribution < -0.4 is 0 Å². The fourth-order valence-corrected chi connectivity index (χ4v) is 5.08. The smallest absolute Gasteiger partial charge is 0.0688 e. The zero-order chi connectivity index (χ0) is 25.9. The third kappa shape index (κ3) is 4.03. The first-order valence-corrected chi connectivity index (χ1v) is 12.9. The maximum Gasteiger partial charge on any atom is 0.0688 e. The van der Waals surface area contributed by atoms with Gasteiger partial charge in [0.2, 0.25) is 0 Å². The van der Waals surface area contributed by atoms with Crippen LogP contribution in [0, 0.1) is 20.8 Å².